The molecular formula is C31H35F3N2O8. The Hall–Kier alpha value is -4.52. The molecule has 0 aromatic heterocycles. The van der Waals surface area contributed by atoms with E-state index in [2.05, 4.69) is 10.6 Å². The molecule has 3 N–H and O–H groups in total. The predicted molar refractivity (Wildman–Crippen MR) is 156 cm³/mol. The lowest BCUT2D eigenvalue weighted by molar-refractivity contribution is -0.192. The number of alkyl halides is 3. The second kappa shape index (κ2) is 15.3. The van der Waals surface area contributed by atoms with Crippen molar-refractivity contribution in [2.75, 3.05) is 35.0 Å². The summed E-state index contributed by atoms with van der Waals surface area (Å²) in [7, 11) is 6.32. The van der Waals surface area contributed by atoms with Crippen molar-refractivity contribution in [1.29, 1.82) is 0 Å². The van der Waals surface area contributed by atoms with Gasteiger partial charge in [0, 0.05) is 17.2 Å². The minimum atomic E-state index is -5.08. The van der Waals surface area contributed by atoms with Gasteiger partial charge in [-0.25, -0.2) is 4.79 Å². The van der Waals surface area contributed by atoms with Gasteiger partial charge >= 0.3 is 12.1 Å². The average molecular weight is 621 g/mol. The normalized spacial score (nSPS) is 20.0. The number of carbonyl (C=O) groups excluding carboxylic acids is 2. The van der Waals surface area contributed by atoms with E-state index in [9.17, 15) is 22.8 Å². The fourth-order valence-electron chi connectivity index (χ4n) is 4.84. The summed E-state index contributed by atoms with van der Waals surface area (Å²) in [5, 5.41) is 13.5. The number of ketones is 1. The van der Waals surface area contributed by atoms with Crippen molar-refractivity contribution < 1.29 is 51.6 Å². The van der Waals surface area contributed by atoms with Gasteiger partial charge in [-0.2, -0.15) is 13.2 Å². The van der Waals surface area contributed by atoms with E-state index in [4.69, 9.17) is 28.8 Å². The highest BCUT2D eigenvalue weighted by molar-refractivity contribution is 6.14. The monoisotopic (exact) mass is 620 g/mol. The molecule has 1 atom stereocenters. The van der Waals surface area contributed by atoms with E-state index < -0.39 is 12.1 Å². The summed E-state index contributed by atoms with van der Waals surface area (Å²) in [5.74, 6) is -0.434. The Morgan fingerprint density at radius 2 is 1.32 bits per heavy atom. The standard InChI is InChI=1S/C29H34N2O6.C2HF3O2/c1-34-24-9-7-18(14-26(24)36-3)12-20-16-22(31-29(33)23-6-5-11-30-23)17-21(28(20)32)13-19-8-10-25(35-2)27(15-19)37-4;3-2(4,5)1(6)7/h7-10,12-15,22-23,30H,5-6,11,16-17H2,1-4H3,(H,31,33);(H,6,7)/b20-12+,21-13+;/t23-;/m0./s1. The first kappa shape index (κ1) is 34.0. The van der Waals surface area contributed by atoms with E-state index in [0.717, 1.165) is 30.5 Å². The van der Waals surface area contributed by atoms with Crippen LogP contribution < -0.4 is 29.6 Å². The number of hydrogen-bond donors (Lipinski definition) is 3. The number of carboxylic acids is 1. The van der Waals surface area contributed by atoms with Crippen LogP contribution in [0.25, 0.3) is 12.2 Å². The molecule has 0 radical (unpaired) electrons. The predicted octanol–water partition coefficient (Wildman–Crippen LogP) is 4.42. The molecule has 1 aliphatic carbocycles. The fourth-order valence-corrected chi connectivity index (χ4v) is 4.84. The molecule has 0 bridgehead atoms. The van der Waals surface area contributed by atoms with E-state index in [1.54, 1.807) is 28.4 Å². The molecule has 1 aliphatic heterocycles. The summed E-state index contributed by atoms with van der Waals surface area (Å²) in [5.41, 5.74) is 2.87. The number of aliphatic carboxylic acids is 1. The summed E-state index contributed by atoms with van der Waals surface area (Å²) in [4.78, 5) is 35.4. The quantitative estimate of drug-likeness (QED) is 0.367. The average Bonchev–Trinajstić information content (AvgIpc) is 3.54. The third kappa shape index (κ3) is 8.99. The Morgan fingerprint density at radius 3 is 1.68 bits per heavy atom. The van der Waals surface area contributed by atoms with Gasteiger partial charge in [-0.1, -0.05) is 12.1 Å². The number of hydrogen-bond acceptors (Lipinski definition) is 8. The summed E-state index contributed by atoms with van der Waals surface area (Å²) in [6, 6.07) is 10.7. The van der Waals surface area contributed by atoms with Crippen LogP contribution in [0.1, 0.15) is 36.8 Å². The number of ether oxygens (including phenoxy) is 4. The van der Waals surface area contributed by atoms with Crippen LogP contribution in [-0.4, -0.2) is 76.0 Å². The van der Waals surface area contributed by atoms with Crippen LogP contribution in [0.5, 0.6) is 23.0 Å². The summed E-state index contributed by atoms with van der Waals surface area (Å²) in [6.45, 7) is 0.843. The molecule has 1 heterocycles. The zero-order valence-electron chi connectivity index (χ0n) is 24.7. The highest BCUT2D eigenvalue weighted by Gasteiger charge is 2.38. The Kier molecular flexibility index (Phi) is 11.8. The lowest BCUT2D eigenvalue weighted by atomic mass is 9.83. The second-order valence-corrected chi connectivity index (χ2v) is 9.96. The van der Waals surface area contributed by atoms with Crippen molar-refractivity contribution in [2.24, 2.45) is 0 Å². The number of Topliss-reactive ketones (excluding diaryl/α,β-unsaturated/α-hetero) is 1. The first-order valence-corrected chi connectivity index (χ1v) is 13.6. The molecule has 10 nitrogen and oxygen atoms in total. The number of nitrogens with one attached hydrogen (secondary N) is 2. The van der Waals surface area contributed by atoms with Crippen molar-refractivity contribution >= 4 is 29.8 Å². The SMILES string of the molecule is COc1ccc(/C=C2\CC(NC(=O)[C@@H]3CCCN3)C/C(=C\c3ccc(OC)c(OC)c3)C2=O)cc1OC.O=C(O)C(F)(F)F. The molecular weight excluding hydrogens is 585 g/mol. The Balaban J connectivity index is 0.000000676. The van der Waals surface area contributed by atoms with Gasteiger partial charge in [0.05, 0.1) is 34.5 Å². The molecule has 1 saturated heterocycles. The van der Waals surface area contributed by atoms with Crippen LogP contribution in [0.15, 0.2) is 47.5 Å². The molecule has 0 unspecified atom stereocenters. The zero-order valence-corrected chi connectivity index (χ0v) is 24.7. The summed E-state index contributed by atoms with van der Waals surface area (Å²) < 4.78 is 53.3. The first-order valence-electron chi connectivity index (χ1n) is 13.6. The van der Waals surface area contributed by atoms with Gasteiger partial charge in [0.15, 0.2) is 28.8 Å². The Labute approximate surface area is 252 Å². The maximum Gasteiger partial charge on any atom is 0.490 e. The third-order valence-corrected chi connectivity index (χ3v) is 6.98. The molecule has 0 spiro atoms. The maximum absolute atomic E-state index is 13.6. The van der Waals surface area contributed by atoms with Gasteiger partial charge < -0.3 is 34.7 Å². The van der Waals surface area contributed by atoms with Gasteiger partial charge in [0.25, 0.3) is 0 Å². The van der Waals surface area contributed by atoms with Crippen LogP contribution >= 0.6 is 0 Å². The number of benzene rings is 2. The number of rotatable bonds is 8. The van der Waals surface area contributed by atoms with Crippen LogP contribution in [-0.2, 0) is 14.4 Å². The fraction of sp³-hybridized carbons (Fsp3) is 0.387. The zero-order chi connectivity index (χ0) is 32.4. The molecule has 4 rings (SSSR count). The number of carbonyl (C=O) groups is 3. The van der Waals surface area contributed by atoms with Crippen LogP contribution in [0, 0.1) is 0 Å². The molecule has 2 fully saturated rings. The topological polar surface area (TPSA) is 132 Å². The van der Waals surface area contributed by atoms with Gasteiger partial charge in [-0.15, -0.1) is 0 Å². The van der Waals surface area contributed by atoms with Crippen molar-refractivity contribution in [3.05, 3.63) is 58.7 Å². The van der Waals surface area contributed by atoms with Crippen LogP contribution in [0.3, 0.4) is 0 Å². The Bertz CT molecular complexity index is 1340. The van der Waals surface area contributed by atoms with Crippen molar-refractivity contribution in [1.82, 2.24) is 10.6 Å². The van der Waals surface area contributed by atoms with E-state index in [1.807, 2.05) is 48.6 Å². The summed E-state index contributed by atoms with van der Waals surface area (Å²) >= 11 is 0. The molecule has 1 saturated carbocycles. The third-order valence-electron chi connectivity index (χ3n) is 6.98. The lowest BCUT2D eigenvalue weighted by Crippen LogP contribution is -2.47. The minimum absolute atomic E-state index is 0.0206. The first-order chi connectivity index (χ1) is 20.9. The lowest BCUT2D eigenvalue weighted by Gasteiger charge is -2.28. The van der Waals surface area contributed by atoms with E-state index in [-0.39, 0.29) is 23.8 Å². The Morgan fingerprint density at radius 1 is 0.864 bits per heavy atom. The second-order valence-electron chi connectivity index (χ2n) is 9.96. The van der Waals surface area contributed by atoms with Crippen LogP contribution in [0.4, 0.5) is 13.2 Å². The molecule has 1 amide bonds. The number of halogens is 3. The molecule has 2 aliphatic rings. The van der Waals surface area contributed by atoms with Gasteiger partial charge in [0.2, 0.25) is 5.91 Å². The van der Waals surface area contributed by atoms with E-state index >= 15 is 0 Å². The summed E-state index contributed by atoms with van der Waals surface area (Å²) in [6.07, 6.45) is 1.32. The number of methoxy groups -OCH3 is 4. The highest BCUT2D eigenvalue weighted by atomic mass is 19.4. The molecule has 2 aromatic rings. The van der Waals surface area contributed by atoms with Crippen molar-refractivity contribution in [3.63, 3.8) is 0 Å². The van der Waals surface area contributed by atoms with E-state index in [0.29, 0.717) is 47.0 Å². The van der Waals surface area contributed by atoms with E-state index in [1.165, 1.54) is 0 Å². The smallest absolute Gasteiger partial charge is 0.490 e. The van der Waals surface area contributed by atoms with Gasteiger partial charge in [0.1, 0.15) is 0 Å². The number of carboxylic acid groups (broad SMARTS) is 1. The van der Waals surface area contributed by atoms with Crippen molar-refractivity contribution in [2.45, 2.75) is 43.9 Å². The maximum atomic E-state index is 13.6. The molecule has 13 heteroatoms. The molecule has 2 aromatic carbocycles. The van der Waals surface area contributed by atoms with Gasteiger partial charge in [-0.3, -0.25) is 9.59 Å². The number of amides is 1. The molecule has 44 heavy (non-hydrogen) atoms. The minimum Gasteiger partial charge on any atom is -0.493 e. The van der Waals surface area contributed by atoms with Crippen LogP contribution in [0.2, 0.25) is 0 Å². The van der Waals surface area contributed by atoms with Crippen molar-refractivity contribution in [3.8, 4) is 23.0 Å². The van der Waals surface area contributed by atoms with Gasteiger partial charge in [-0.05, 0) is 79.8 Å². The highest BCUT2D eigenvalue weighted by Crippen LogP contribution is 2.34. The molecule has 238 valence electrons. The largest absolute Gasteiger partial charge is 0.493 e.